The maximum Gasteiger partial charge on any atom is 0.259 e. The Hall–Kier alpha value is -1.46. The van der Waals surface area contributed by atoms with Gasteiger partial charge >= 0.3 is 0 Å². The van der Waals surface area contributed by atoms with Crippen LogP contribution in [0.5, 0.6) is 0 Å². The normalized spacial score (nSPS) is 22.0. The Kier molecular flexibility index (Phi) is 7.66. The number of H-pyrrole nitrogens is 1. The van der Waals surface area contributed by atoms with E-state index in [1.54, 1.807) is 23.1 Å². The van der Waals surface area contributed by atoms with Gasteiger partial charge < -0.3 is 19.8 Å². The summed E-state index contributed by atoms with van der Waals surface area (Å²) in [5, 5.41) is 3.94. The third-order valence-corrected chi connectivity index (χ3v) is 9.02. The number of fused-ring (bicyclic) bond motifs is 3. The van der Waals surface area contributed by atoms with Gasteiger partial charge in [-0.1, -0.05) is 0 Å². The van der Waals surface area contributed by atoms with Gasteiger partial charge in [0.2, 0.25) is 5.91 Å². The monoisotopic (exact) mass is 492 g/mol. The summed E-state index contributed by atoms with van der Waals surface area (Å²) in [7, 11) is 0. The van der Waals surface area contributed by atoms with Crippen molar-refractivity contribution in [2.24, 2.45) is 5.92 Å². The third-order valence-electron chi connectivity index (χ3n) is 6.87. The topological polar surface area (TPSA) is 96.5 Å². The SMILES string of the molecule is O=C(CCSCc1nc2sc3c(c2c(=O)[nH]1)CCC3)NCC(C1CCOC1)N1CCOCC1. The number of carbonyl (C=O) groups is 1. The molecule has 1 aliphatic carbocycles. The van der Waals surface area contributed by atoms with Crippen molar-refractivity contribution in [2.75, 3.05) is 51.8 Å². The number of hydrogen-bond acceptors (Lipinski definition) is 8. The summed E-state index contributed by atoms with van der Waals surface area (Å²) in [6.45, 7) is 5.58. The van der Waals surface area contributed by atoms with Gasteiger partial charge in [-0.2, -0.15) is 11.8 Å². The van der Waals surface area contributed by atoms with E-state index in [0.29, 0.717) is 42.3 Å². The van der Waals surface area contributed by atoms with Crippen molar-refractivity contribution in [1.82, 2.24) is 20.2 Å². The number of rotatable bonds is 9. The summed E-state index contributed by atoms with van der Waals surface area (Å²) < 4.78 is 11.1. The fourth-order valence-electron chi connectivity index (χ4n) is 5.11. The molecule has 2 atom stereocenters. The second-order valence-electron chi connectivity index (χ2n) is 9.00. The molecule has 33 heavy (non-hydrogen) atoms. The van der Waals surface area contributed by atoms with Crippen molar-refractivity contribution in [2.45, 2.75) is 43.9 Å². The molecule has 0 spiro atoms. The second-order valence-corrected chi connectivity index (χ2v) is 11.2. The lowest BCUT2D eigenvalue weighted by Crippen LogP contribution is -2.52. The fourth-order valence-corrected chi connectivity index (χ4v) is 7.20. The average Bonchev–Trinajstić information content (AvgIpc) is 3.55. The largest absolute Gasteiger partial charge is 0.381 e. The Balaban J connectivity index is 1.08. The van der Waals surface area contributed by atoms with Gasteiger partial charge in [-0.25, -0.2) is 4.98 Å². The average molecular weight is 493 g/mol. The maximum atomic E-state index is 12.6. The van der Waals surface area contributed by atoms with Crippen LogP contribution in [0, 0.1) is 5.92 Å². The lowest BCUT2D eigenvalue weighted by Gasteiger charge is -2.37. The zero-order valence-electron chi connectivity index (χ0n) is 18.9. The van der Waals surface area contributed by atoms with Gasteiger partial charge in [0, 0.05) is 55.3 Å². The first-order valence-corrected chi connectivity index (χ1v) is 13.9. The molecule has 3 aliphatic rings. The van der Waals surface area contributed by atoms with Crippen LogP contribution in [-0.2, 0) is 32.9 Å². The van der Waals surface area contributed by atoms with E-state index in [1.165, 1.54) is 10.4 Å². The van der Waals surface area contributed by atoms with E-state index >= 15 is 0 Å². The molecule has 2 saturated heterocycles. The number of ether oxygens (including phenoxy) is 2. The molecule has 1 amide bonds. The molecule has 0 aromatic carbocycles. The van der Waals surface area contributed by atoms with Crippen molar-refractivity contribution < 1.29 is 14.3 Å². The molecule has 2 fully saturated rings. The number of morpholine rings is 1. The van der Waals surface area contributed by atoms with Crippen molar-refractivity contribution in [3.05, 3.63) is 26.6 Å². The van der Waals surface area contributed by atoms with Crippen molar-refractivity contribution in [3.63, 3.8) is 0 Å². The van der Waals surface area contributed by atoms with Gasteiger partial charge in [0.1, 0.15) is 10.7 Å². The molecule has 5 rings (SSSR count). The van der Waals surface area contributed by atoms with Crippen LogP contribution in [0.15, 0.2) is 4.79 Å². The molecule has 2 aliphatic heterocycles. The number of aromatic nitrogens is 2. The molecular weight excluding hydrogens is 460 g/mol. The van der Waals surface area contributed by atoms with Crippen LogP contribution in [0.4, 0.5) is 0 Å². The zero-order valence-corrected chi connectivity index (χ0v) is 20.5. The molecule has 0 saturated carbocycles. The highest BCUT2D eigenvalue weighted by atomic mass is 32.2. The first kappa shape index (κ1) is 23.3. The first-order chi connectivity index (χ1) is 16.2. The minimum Gasteiger partial charge on any atom is -0.381 e. The molecule has 2 aromatic heterocycles. The van der Waals surface area contributed by atoms with Gasteiger partial charge in [-0.05, 0) is 31.2 Å². The molecule has 2 unspecified atom stereocenters. The minimum absolute atomic E-state index is 0.0159. The van der Waals surface area contributed by atoms with Gasteiger partial charge in [-0.15, -0.1) is 11.3 Å². The zero-order chi connectivity index (χ0) is 22.6. The summed E-state index contributed by atoms with van der Waals surface area (Å²) in [5.74, 6) is 2.55. The smallest absolute Gasteiger partial charge is 0.259 e. The molecule has 2 N–H and O–H groups in total. The first-order valence-electron chi connectivity index (χ1n) is 12.0. The quantitative estimate of drug-likeness (QED) is 0.517. The van der Waals surface area contributed by atoms with E-state index in [4.69, 9.17) is 9.47 Å². The predicted octanol–water partition coefficient (Wildman–Crippen LogP) is 1.95. The van der Waals surface area contributed by atoms with E-state index in [1.807, 2.05) is 0 Å². The van der Waals surface area contributed by atoms with Crippen LogP contribution in [0.1, 0.15) is 35.5 Å². The lowest BCUT2D eigenvalue weighted by atomic mass is 9.97. The number of hydrogen-bond donors (Lipinski definition) is 2. The molecular formula is C23H32N4O4S2. The van der Waals surface area contributed by atoms with Crippen LogP contribution in [0.25, 0.3) is 10.2 Å². The van der Waals surface area contributed by atoms with Crippen LogP contribution in [0.3, 0.4) is 0 Å². The van der Waals surface area contributed by atoms with E-state index in [9.17, 15) is 9.59 Å². The molecule has 0 radical (unpaired) electrons. The Labute approximate surface area is 201 Å². The summed E-state index contributed by atoms with van der Waals surface area (Å²) in [6.07, 6.45) is 4.70. The number of nitrogens with zero attached hydrogens (tertiary/aromatic N) is 2. The lowest BCUT2D eigenvalue weighted by molar-refractivity contribution is -0.121. The van der Waals surface area contributed by atoms with Crippen molar-refractivity contribution in [1.29, 1.82) is 0 Å². The summed E-state index contributed by atoms with van der Waals surface area (Å²) in [4.78, 5) is 37.3. The molecule has 2 aromatic rings. The fraction of sp³-hybridized carbons (Fsp3) is 0.696. The highest BCUT2D eigenvalue weighted by molar-refractivity contribution is 7.98. The molecule has 180 valence electrons. The number of aryl methyl sites for hydroxylation is 2. The molecule has 10 heteroatoms. The number of amides is 1. The Morgan fingerprint density at radius 3 is 2.97 bits per heavy atom. The maximum absolute atomic E-state index is 12.6. The second kappa shape index (κ2) is 10.9. The minimum atomic E-state index is -0.0159. The van der Waals surface area contributed by atoms with E-state index in [2.05, 4.69) is 20.2 Å². The highest BCUT2D eigenvalue weighted by Crippen LogP contribution is 2.34. The van der Waals surface area contributed by atoms with E-state index in [-0.39, 0.29) is 11.5 Å². The van der Waals surface area contributed by atoms with Crippen LogP contribution >= 0.6 is 23.1 Å². The van der Waals surface area contributed by atoms with Crippen LogP contribution < -0.4 is 10.9 Å². The van der Waals surface area contributed by atoms with Crippen molar-refractivity contribution in [3.8, 4) is 0 Å². The van der Waals surface area contributed by atoms with Crippen LogP contribution in [-0.4, -0.2) is 78.6 Å². The highest BCUT2D eigenvalue weighted by Gasteiger charge is 2.31. The van der Waals surface area contributed by atoms with E-state index in [0.717, 1.165) is 75.4 Å². The third kappa shape index (κ3) is 5.45. The van der Waals surface area contributed by atoms with Crippen LogP contribution in [0.2, 0.25) is 0 Å². The summed E-state index contributed by atoms with van der Waals surface area (Å²) in [6, 6.07) is 0.307. The molecule has 4 heterocycles. The Morgan fingerprint density at radius 2 is 2.15 bits per heavy atom. The standard InChI is InChI=1S/C23H32N4O4S2/c28-20(24-12-17(15-4-8-31-13-15)27-6-9-30-10-7-27)5-11-32-14-19-25-22(29)21-16-2-1-3-18(16)33-23(21)26-19/h15,17H,1-14H2,(H,24,28)(H,25,26,29). The Morgan fingerprint density at radius 1 is 1.27 bits per heavy atom. The van der Waals surface area contributed by atoms with E-state index < -0.39 is 0 Å². The summed E-state index contributed by atoms with van der Waals surface area (Å²) in [5.41, 5.74) is 1.19. The number of nitrogens with one attached hydrogen (secondary N) is 2. The van der Waals surface area contributed by atoms with Gasteiger partial charge in [-0.3, -0.25) is 14.5 Å². The van der Waals surface area contributed by atoms with Gasteiger partial charge in [0.15, 0.2) is 0 Å². The summed E-state index contributed by atoms with van der Waals surface area (Å²) >= 11 is 3.30. The molecule has 0 bridgehead atoms. The number of carbonyl (C=O) groups excluding carboxylic acids is 1. The van der Waals surface area contributed by atoms with Crippen molar-refractivity contribution >= 4 is 39.2 Å². The molecule has 8 nitrogen and oxygen atoms in total. The Bertz CT molecular complexity index is 1030. The predicted molar refractivity (Wildman–Crippen MR) is 131 cm³/mol. The number of thioether (sulfide) groups is 1. The van der Waals surface area contributed by atoms with Gasteiger partial charge in [0.05, 0.1) is 31.0 Å². The number of thiophene rings is 1. The van der Waals surface area contributed by atoms with Gasteiger partial charge in [0.25, 0.3) is 5.56 Å². The number of aromatic amines is 1.